The fourth-order valence-electron chi connectivity index (χ4n) is 3.90. The molecule has 3 rings (SSSR count). The van der Waals surface area contributed by atoms with Gasteiger partial charge in [-0.25, -0.2) is 12.7 Å². The molecule has 0 spiro atoms. The summed E-state index contributed by atoms with van der Waals surface area (Å²) in [6.45, 7) is 6.68. The minimum absolute atomic E-state index is 0.0220. The van der Waals surface area contributed by atoms with E-state index in [1.165, 1.54) is 4.31 Å². The van der Waals surface area contributed by atoms with Gasteiger partial charge in [-0.05, 0) is 55.4 Å². The first-order valence-electron chi connectivity index (χ1n) is 10.2. The number of nitrogens with zero attached hydrogens (tertiary/aromatic N) is 1. The largest absolute Gasteiger partial charge is 0.325 e. The topological polar surface area (TPSA) is 66.5 Å². The lowest BCUT2D eigenvalue weighted by molar-refractivity contribution is -0.120. The fraction of sp³-hybridized carbons (Fsp3) is 0.435. The first-order valence-corrected chi connectivity index (χ1v) is 11.8. The first kappa shape index (κ1) is 21.5. The predicted molar refractivity (Wildman–Crippen MR) is 117 cm³/mol. The molecule has 0 bridgehead atoms. The monoisotopic (exact) mass is 414 g/mol. The highest BCUT2D eigenvalue weighted by molar-refractivity contribution is 7.88. The molecule has 1 amide bonds. The van der Waals surface area contributed by atoms with Gasteiger partial charge in [-0.3, -0.25) is 4.79 Å². The molecule has 1 aliphatic heterocycles. The van der Waals surface area contributed by atoms with Crippen molar-refractivity contribution < 1.29 is 13.2 Å². The fourth-order valence-corrected chi connectivity index (χ4v) is 5.61. The molecule has 29 heavy (non-hydrogen) atoms. The lowest BCUT2D eigenvalue weighted by Gasteiger charge is -2.31. The number of para-hydroxylation sites is 1. The summed E-state index contributed by atoms with van der Waals surface area (Å²) in [4.78, 5) is 12.9. The molecule has 5 nitrogen and oxygen atoms in total. The number of hydrogen-bond acceptors (Lipinski definition) is 3. The van der Waals surface area contributed by atoms with E-state index in [9.17, 15) is 13.2 Å². The van der Waals surface area contributed by atoms with E-state index in [2.05, 4.69) is 12.2 Å². The van der Waals surface area contributed by atoms with Crippen molar-refractivity contribution in [2.75, 3.05) is 18.4 Å². The van der Waals surface area contributed by atoms with Crippen LogP contribution in [-0.4, -0.2) is 31.7 Å². The van der Waals surface area contributed by atoms with Gasteiger partial charge in [-0.2, -0.15) is 0 Å². The van der Waals surface area contributed by atoms with Gasteiger partial charge in [-0.15, -0.1) is 0 Å². The van der Waals surface area contributed by atoms with Crippen LogP contribution in [0.15, 0.2) is 42.5 Å². The normalized spacial score (nSPS) is 17.8. The highest BCUT2D eigenvalue weighted by Crippen LogP contribution is 2.26. The summed E-state index contributed by atoms with van der Waals surface area (Å²) in [6, 6.07) is 13.5. The van der Waals surface area contributed by atoms with E-state index in [4.69, 9.17) is 0 Å². The third kappa shape index (κ3) is 5.06. The molecule has 0 aliphatic carbocycles. The summed E-state index contributed by atoms with van der Waals surface area (Å²) in [5.74, 6) is -0.448. The van der Waals surface area contributed by atoms with Crippen LogP contribution >= 0.6 is 0 Å². The zero-order valence-corrected chi connectivity index (χ0v) is 18.3. The molecule has 0 radical (unpaired) electrons. The third-order valence-electron chi connectivity index (χ3n) is 5.74. The van der Waals surface area contributed by atoms with E-state index in [1.54, 1.807) is 0 Å². The van der Waals surface area contributed by atoms with Crippen molar-refractivity contribution in [2.45, 2.75) is 45.8 Å². The SMILES string of the molecule is CCc1cccc(C)c1NC(=O)[C@@H]1CCCN(S(=O)(=O)Cc2ccccc2C)C1. The molecule has 2 aromatic carbocycles. The van der Waals surface area contributed by atoms with Crippen molar-refractivity contribution in [3.05, 3.63) is 64.7 Å². The van der Waals surface area contributed by atoms with Crippen molar-refractivity contribution in [2.24, 2.45) is 5.92 Å². The van der Waals surface area contributed by atoms with Crippen LogP contribution in [0.5, 0.6) is 0 Å². The van der Waals surface area contributed by atoms with Crippen LogP contribution in [0.3, 0.4) is 0 Å². The Hall–Kier alpha value is -2.18. The van der Waals surface area contributed by atoms with E-state index in [1.807, 2.05) is 56.3 Å². The maximum Gasteiger partial charge on any atom is 0.228 e. The second-order valence-electron chi connectivity index (χ2n) is 7.83. The first-order chi connectivity index (χ1) is 13.8. The number of rotatable bonds is 6. The zero-order chi connectivity index (χ0) is 21.0. The average molecular weight is 415 g/mol. The average Bonchev–Trinajstić information content (AvgIpc) is 2.71. The van der Waals surface area contributed by atoms with E-state index in [0.29, 0.717) is 19.4 Å². The summed E-state index contributed by atoms with van der Waals surface area (Å²) in [5, 5.41) is 3.07. The molecular weight excluding hydrogens is 384 g/mol. The second kappa shape index (κ2) is 9.09. The van der Waals surface area contributed by atoms with Crippen LogP contribution in [0.1, 0.15) is 42.0 Å². The molecule has 1 heterocycles. The van der Waals surface area contributed by atoms with E-state index in [0.717, 1.165) is 34.4 Å². The van der Waals surface area contributed by atoms with E-state index < -0.39 is 10.0 Å². The number of sulfonamides is 1. The van der Waals surface area contributed by atoms with Crippen LogP contribution < -0.4 is 5.32 Å². The number of amides is 1. The van der Waals surface area contributed by atoms with Gasteiger partial charge in [0.2, 0.25) is 15.9 Å². The summed E-state index contributed by atoms with van der Waals surface area (Å²) >= 11 is 0. The maximum absolute atomic E-state index is 13.0. The quantitative estimate of drug-likeness (QED) is 0.776. The van der Waals surface area contributed by atoms with Gasteiger partial charge in [0.1, 0.15) is 0 Å². The number of anilines is 1. The lowest BCUT2D eigenvalue weighted by Crippen LogP contribution is -2.44. The summed E-state index contributed by atoms with van der Waals surface area (Å²) in [6.07, 6.45) is 2.23. The van der Waals surface area contributed by atoms with Crippen LogP contribution in [0.4, 0.5) is 5.69 Å². The van der Waals surface area contributed by atoms with Gasteiger partial charge in [0, 0.05) is 18.8 Å². The van der Waals surface area contributed by atoms with Gasteiger partial charge in [0.05, 0.1) is 11.7 Å². The van der Waals surface area contributed by atoms with Crippen LogP contribution in [0, 0.1) is 19.8 Å². The lowest BCUT2D eigenvalue weighted by atomic mass is 9.98. The highest BCUT2D eigenvalue weighted by atomic mass is 32.2. The molecule has 1 saturated heterocycles. The van der Waals surface area contributed by atoms with E-state index in [-0.39, 0.29) is 24.1 Å². The molecule has 6 heteroatoms. The van der Waals surface area contributed by atoms with Crippen molar-refractivity contribution >= 4 is 21.6 Å². The number of carbonyl (C=O) groups excluding carboxylic acids is 1. The molecule has 0 aromatic heterocycles. The van der Waals surface area contributed by atoms with Crippen molar-refractivity contribution in [1.29, 1.82) is 0 Å². The highest BCUT2D eigenvalue weighted by Gasteiger charge is 2.33. The van der Waals surface area contributed by atoms with Crippen LogP contribution in [0.25, 0.3) is 0 Å². The van der Waals surface area contributed by atoms with Crippen molar-refractivity contribution in [3.63, 3.8) is 0 Å². The Morgan fingerprint density at radius 3 is 2.48 bits per heavy atom. The number of aryl methyl sites for hydroxylation is 3. The number of carbonyl (C=O) groups is 1. The van der Waals surface area contributed by atoms with Crippen LogP contribution in [-0.2, 0) is 27.0 Å². The summed E-state index contributed by atoms with van der Waals surface area (Å²) < 4.78 is 27.5. The third-order valence-corrected chi connectivity index (χ3v) is 7.53. The minimum atomic E-state index is -3.47. The second-order valence-corrected chi connectivity index (χ2v) is 9.80. The summed E-state index contributed by atoms with van der Waals surface area (Å²) in [7, 11) is -3.47. The molecule has 2 aromatic rings. The Morgan fingerprint density at radius 2 is 1.76 bits per heavy atom. The Kier molecular flexibility index (Phi) is 6.75. The van der Waals surface area contributed by atoms with Crippen molar-refractivity contribution in [1.82, 2.24) is 4.31 Å². The molecule has 156 valence electrons. The Balaban J connectivity index is 1.72. The zero-order valence-electron chi connectivity index (χ0n) is 17.4. The predicted octanol–water partition coefficient (Wildman–Crippen LogP) is 4.05. The molecular formula is C23H30N2O3S. The molecule has 1 aliphatic rings. The van der Waals surface area contributed by atoms with Crippen LogP contribution in [0.2, 0.25) is 0 Å². The standard InChI is InChI=1S/C23H30N2O3S/c1-4-19-12-7-10-18(3)22(19)24-23(26)20-13-8-14-25(15-20)29(27,28)16-21-11-6-5-9-17(21)2/h5-7,9-12,20H,4,8,13-16H2,1-3H3,(H,24,26)/t20-/m1/s1. The Morgan fingerprint density at radius 1 is 1.07 bits per heavy atom. The van der Waals surface area contributed by atoms with Crippen molar-refractivity contribution in [3.8, 4) is 0 Å². The van der Waals surface area contributed by atoms with Gasteiger partial charge >= 0.3 is 0 Å². The van der Waals surface area contributed by atoms with E-state index >= 15 is 0 Å². The van der Waals surface area contributed by atoms with Gasteiger partial charge in [-0.1, -0.05) is 49.4 Å². The van der Waals surface area contributed by atoms with Gasteiger partial charge < -0.3 is 5.32 Å². The maximum atomic E-state index is 13.0. The van der Waals surface area contributed by atoms with Gasteiger partial charge in [0.15, 0.2) is 0 Å². The molecule has 0 saturated carbocycles. The number of benzene rings is 2. The smallest absolute Gasteiger partial charge is 0.228 e. The van der Waals surface area contributed by atoms with Gasteiger partial charge in [0.25, 0.3) is 0 Å². The molecule has 1 atom stereocenters. The Bertz CT molecular complexity index is 985. The minimum Gasteiger partial charge on any atom is -0.325 e. The number of piperidine rings is 1. The number of nitrogens with one attached hydrogen (secondary N) is 1. The number of hydrogen-bond donors (Lipinski definition) is 1. The molecule has 1 N–H and O–H groups in total. The molecule has 1 fully saturated rings. The molecule has 0 unspecified atom stereocenters. The summed E-state index contributed by atoms with van der Waals surface area (Å²) in [5.41, 5.74) is 4.76. The Labute approximate surface area is 174 Å².